The number of rotatable bonds is 2. The molecule has 0 atom stereocenters. The molecule has 2 amide bonds. The van der Waals surface area contributed by atoms with Crippen LogP contribution in [0.4, 0.5) is 0 Å². The molecule has 7 nitrogen and oxygen atoms in total. The molecule has 1 aliphatic heterocycles. The molecule has 1 fully saturated rings. The van der Waals surface area contributed by atoms with E-state index in [4.69, 9.17) is 0 Å². The van der Waals surface area contributed by atoms with E-state index in [0.717, 1.165) is 0 Å². The third kappa shape index (κ3) is 3.19. The lowest BCUT2D eigenvalue weighted by Gasteiger charge is -2.33. The standard InChI is InChI=1S/C8H13N3O4/c1-7(12)9-2-4-10(5-3-9)8(13)6-11(14)15/h2-6H2,1H3. The summed E-state index contributed by atoms with van der Waals surface area (Å²) < 4.78 is 0. The third-order valence-electron chi connectivity index (χ3n) is 2.34. The molecule has 0 aromatic carbocycles. The van der Waals surface area contributed by atoms with Gasteiger partial charge in [-0.25, -0.2) is 0 Å². The largest absolute Gasteiger partial charge is 0.339 e. The number of hydrogen-bond acceptors (Lipinski definition) is 4. The highest BCUT2D eigenvalue weighted by Crippen LogP contribution is 2.02. The molecule has 0 aromatic rings. The van der Waals surface area contributed by atoms with Crippen LogP contribution in [-0.2, 0) is 9.59 Å². The van der Waals surface area contributed by atoms with Crippen LogP contribution in [0.15, 0.2) is 0 Å². The lowest BCUT2D eigenvalue weighted by molar-refractivity contribution is -0.468. The normalized spacial score (nSPS) is 16.3. The summed E-state index contributed by atoms with van der Waals surface area (Å²) in [5, 5.41) is 10.1. The van der Waals surface area contributed by atoms with Gasteiger partial charge >= 0.3 is 0 Å². The van der Waals surface area contributed by atoms with Gasteiger partial charge in [-0.05, 0) is 0 Å². The Hall–Kier alpha value is -1.66. The molecule has 0 aromatic heterocycles. The first-order valence-electron chi connectivity index (χ1n) is 4.66. The fourth-order valence-electron chi connectivity index (χ4n) is 1.48. The van der Waals surface area contributed by atoms with E-state index in [0.29, 0.717) is 26.2 Å². The smallest absolute Gasteiger partial charge is 0.294 e. The van der Waals surface area contributed by atoms with Crippen LogP contribution in [0.3, 0.4) is 0 Å². The number of carbonyl (C=O) groups is 2. The molecule has 1 rings (SSSR count). The summed E-state index contributed by atoms with van der Waals surface area (Å²) in [6.45, 7) is 2.48. The van der Waals surface area contributed by atoms with Crippen LogP contribution in [0.5, 0.6) is 0 Å². The van der Waals surface area contributed by atoms with Crippen molar-refractivity contribution in [3.8, 4) is 0 Å². The average molecular weight is 215 g/mol. The molecule has 0 unspecified atom stereocenters. The van der Waals surface area contributed by atoms with Crippen molar-refractivity contribution < 1.29 is 14.5 Å². The summed E-state index contributed by atoms with van der Waals surface area (Å²) in [5.74, 6) is -0.514. The van der Waals surface area contributed by atoms with Gasteiger partial charge in [0.25, 0.3) is 12.5 Å². The summed E-state index contributed by atoms with van der Waals surface area (Å²) in [6.07, 6.45) is 0. The summed E-state index contributed by atoms with van der Waals surface area (Å²) in [5.41, 5.74) is 0. The Labute approximate surface area is 86.8 Å². The maximum absolute atomic E-state index is 11.3. The Morgan fingerprint density at radius 3 is 2.07 bits per heavy atom. The third-order valence-corrected chi connectivity index (χ3v) is 2.34. The molecular weight excluding hydrogens is 202 g/mol. The van der Waals surface area contributed by atoms with E-state index in [1.54, 1.807) is 4.90 Å². The molecular formula is C8H13N3O4. The Bertz CT molecular complexity index is 284. The Kier molecular flexibility index (Phi) is 3.59. The van der Waals surface area contributed by atoms with Gasteiger partial charge in [-0.15, -0.1) is 0 Å². The van der Waals surface area contributed by atoms with E-state index in [9.17, 15) is 19.7 Å². The zero-order valence-electron chi connectivity index (χ0n) is 8.51. The summed E-state index contributed by atoms with van der Waals surface area (Å²) in [6, 6.07) is 0. The fraction of sp³-hybridized carbons (Fsp3) is 0.750. The molecule has 0 radical (unpaired) electrons. The van der Waals surface area contributed by atoms with Gasteiger partial charge in [-0.1, -0.05) is 0 Å². The van der Waals surface area contributed by atoms with Crippen molar-refractivity contribution in [3.63, 3.8) is 0 Å². The van der Waals surface area contributed by atoms with Gasteiger partial charge in [0.2, 0.25) is 5.91 Å². The maximum Gasteiger partial charge on any atom is 0.294 e. The number of amides is 2. The predicted octanol–water partition coefficient (Wildman–Crippen LogP) is -1.05. The molecule has 0 bridgehead atoms. The number of carbonyl (C=O) groups excluding carboxylic acids is 2. The van der Waals surface area contributed by atoms with E-state index in [2.05, 4.69) is 0 Å². The van der Waals surface area contributed by atoms with Crippen molar-refractivity contribution >= 4 is 11.8 Å². The summed E-state index contributed by atoms with van der Waals surface area (Å²) in [7, 11) is 0. The van der Waals surface area contributed by atoms with E-state index in [1.165, 1.54) is 11.8 Å². The molecule has 7 heteroatoms. The van der Waals surface area contributed by atoms with Crippen molar-refractivity contribution in [2.75, 3.05) is 32.7 Å². The molecule has 0 saturated carbocycles. The predicted molar refractivity (Wildman–Crippen MR) is 50.7 cm³/mol. The Balaban J connectivity index is 2.40. The van der Waals surface area contributed by atoms with Crippen LogP contribution in [0.25, 0.3) is 0 Å². The van der Waals surface area contributed by atoms with Crippen LogP contribution >= 0.6 is 0 Å². The molecule has 0 spiro atoms. The highest BCUT2D eigenvalue weighted by Gasteiger charge is 2.24. The van der Waals surface area contributed by atoms with E-state index < -0.39 is 17.4 Å². The van der Waals surface area contributed by atoms with Crippen LogP contribution in [0.1, 0.15) is 6.92 Å². The molecule has 84 valence electrons. The lowest BCUT2D eigenvalue weighted by Crippen LogP contribution is -2.51. The SMILES string of the molecule is CC(=O)N1CCN(C(=O)C[N+](=O)[O-])CC1. The number of nitrogens with zero attached hydrogens (tertiary/aromatic N) is 3. The molecule has 0 N–H and O–H groups in total. The zero-order valence-corrected chi connectivity index (χ0v) is 8.51. The Morgan fingerprint density at radius 1 is 1.20 bits per heavy atom. The van der Waals surface area contributed by atoms with Crippen molar-refractivity contribution in [2.45, 2.75) is 6.92 Å². The first-order chi connectivity index (χ1) is 7.00. The number of nitro groups is 1. The topological polar surface area (TPSA) is 83.8 Å². The van der Waals surface area contributed by atoms with Crippen molar-refractivity contribution in [2.24, 2.45) is 0 Å². The molecule has 0 aliphatic carbocycles. The molecule has 15 heavy (non-hydrogen) atoms. The molecule has 1 aliphatic rings. The van der Waals surface area contributed by atoms with Gasteiger partial charge in [-0.2, -0.15) is 0 Å². The maximum atomic E-state index is 11.3. The second-order valence-corrected chi connectivity index (χ2v) is 3.38. The van der Waals surface area contributed by atoms with Crippen LogP contribution in [-0.4, -0.2) is 59.3 Å². The van der Waals surface area contributed by atoms with E-state index >= 15 is 0 Å². The highest BCUT2D eigenvalue weighted by molar-refractivity contribution is 5.78. The summed E-state index contributed by atoms with van der Waals surface area (Å²) in [4.78, 5) is 34.8. The quantitative estimate of drug-likeness (QED) is 0.435. The monoisotopic (exact) mass is 215 g/mol. The minimum absolute atomic E-state index is 0.0311. The average Bonchev–Trinajstić information content (AvgIpc) is 2.17. The van der Waals surface area contributed by atoms with Gasteiger partial charge < -0.3 is 9.80 Å². The van der Waals surface area contributed by atoms with Crippen molar-refractivity contribution in [3.05, 3.63) is 10.1 Å². The van der Waals surface area contributed by atoms with Crippen LogP contribution < -0.4 is 0 Å². The minimum Gasteiger partial charge on any atom is -0.339 e. The first-order valence-corrected chi connectivity index (χ1v) is 4.66. The van der Waals surface area contributed by atoms with E-state index in [1.807, 2.05) is 0 Å². The molecule has 1 heterocycles. The van der Waals surface area contributed by atoms with Crippen LogP contribution in [0, 0.1) is 10.1 Å². The van der Waals surface area contributed by atoms with Gasteiger partial charge in [0.05, 0.1) is 0 Å². The second-order valence-electron chi connectivity index (χ2n) is 3.38. The van der Waals surface area contributed by atoms with E-state index in [-0.39, 0.29) is 5.91 Å². The first kappa shape index (κ1) is 11.4. The fourth-order valence-corrected chi connectivity index (χ4v) is 1.48. The van der Waals surface area contributed by atoms with Gasteiger partial charge in [-0.3, -0.25) is 19.7 Å². The molecule has 1 saturated heterocycles. The zero-order chi connectivity index (χ0) is 11.4. The van der Waals surface area contributed by atoms with Gasteiger partial charge in [0, 0.05) is 38.0 Å². The second kappa shape index (κ2) is 4.72. The number of hydrogen-bond donors (Lipinski definition) is 0. The lowest BCUT2D eigenvalue weighted by atomic mass is 10.3. The van der Waals surface area contributed by atoms with Gasteiger partial charge in [0.15, 0.2) is 0 Å². The van der Waals surface area contributed by atoms with Gasteiger partial charge in [0.1, 0.15) is 0 Å². The van der Waals surface area contributed by atoms with Crippen LogP contribution in [0.2, 0.25) is 0 Å². The Morgan fingerprint density at radius 2 is 1.67 bits per heavy atom. The van der Waals surface area contributed by atoms with Crippen molar-refractivity contribution in [1.82, 2.24) is 9.80 Å². The van der Waals surface area contributed by atoms with Crippen molar-refractivity contribution in [1.29, 1.82) is 0 Å². The minimum atomic E-state index is -0.667. The summed E-state index contributed by atoms with van der Waals surface area (Å²) >= 11 is 0. The number of piperazine rings is 1. The highest BCUT2D eigenvalue weighted by atomic mass is 16.6.